The van der Waals surface area contributed by atoms with E-state index in [1.807, 2.05) is 0 Å². The van der Waals surface area contributed by atoms with Gasteiger partial charge in [-0.3, -0.25) is 4.79 Å². The molecule has 1 amide bonds. The van der Waals surface area contributed by atoms with E-state index in [0.717, 1.165) is 0 Å². The Balaban J connectivity index is 2.24. The highest BCUT2D eigenvalue weighted by Gasteiger charge is 2.11. The molecule has 0 aliphatic heterocycles. The molecule has 2 rings (SSSR count). The van der Waals surface area contributed by atoms with Crippen molar-refractivity contribution in [2.45, 2.75) is 0 Å². The first-order valence-electron chi connectivity index (χ1n) is 4.94. The summed E-state index contributed by atoms with van der Waals surface area (Å²) in [6.07, 6.45) is 1.41. The van der Waals surface area contributed by atoms with E-state index in [1.54, 1.807) is 0 Å². The fraction of sp³-hybridized carbons (Fsp3) is 0. The molecule has 0 saturated carbocycles. The maximum Gasteiger partial charge on any atom is 0.259 e. The van der Waals surface area contributed by atoms with Crippen LogP contribution in [-0.4, -0.2) is 21.0 Å². The van der Waals surface area contributed by atoms with Crippen LogP contribution in [0.25, 0.3) is 0 Å². The lowest BCUT2D eigenvalue weighted by molar-refractivity contribution is 0.102. The van der Waals surface area contributed by atoms with Gasteiger partial charge in [0.2, 0.25) is 5.28 Å². The van der Waals surface area contributed by atoms with E-state index >= 15 is 0 Å². The number of hydrogen-bond acceptors (Lipinski definition) is 5. The van der Waals surface area contributed by atoms with Gasteiger partial charge in [0.05, 0.1) is 5.56 Å². The second kappa shape index (κ2) is 4.89. The number of aromatic hydroxyl groups is 1. The quantitative estimate of drug-likeness (QED) is 0.435. The summed E-state index contributed by atoms with van der Waals surface area (Å²) in [7, 11) is 0. The number of nitrogens with two attached hydrogens (primary N) is 1. The molecule has 92 valence electrons. The number of anilines is 2. The largest absolute Gasteiger partial charge is 0.508 e. The smallest absolute Gasteiger partial charge is 0.259 e. The van der Waals surface area contributed by atoms with E-state index in [0.29, 0.717) is 0 Å². The minimum Gasteiger partial charge on any atom is -0.508 e. The Bertz CT molecular complexity index is 603. The van der Waals surface area contributed by atoms with Crippen molar-refractivity contribution in [3.8, 4) is 5.75 Å². The third-order valence-corrected chi connectivity index (χ3v) is 2.33. The summed E-state index contributed by atoms with van der Waals surface area (Å²) >= 11 is 5.59. The maximum atomic E-state index is 11.9. The number of hydrogen-bond donors (Lipinski definition) is 3. The zero-order valence-electron chi connectivity index (χ0n) is 9.09. The summed E-state index contributed by atoms with van der Waals surface area (Å²) in [4.78, 5) is 19.4. The lowest BCUT2D eigenvalue weighted by Crippen LogP contribution is -2.15. The van der Waals surface area contributed by atoms with Crippen LogP contribution in [0.4, 0.5) is 11.5 Å². The van der Waals surface area contributed by atoms with Gasteiger partial charge in [-0.2, -0.15) is 0 Å². The normalized spacial score (nSPS) is 10.1. The van der Waals surface area contributed by atoms with E-state index < -0.39 is 5.91 Å². The van der Waals surface area contributed by atoms with Gasteiger partial charge >= 0.3 is 0 Å². The summed E-state index contributed by atoms with van der Waals surface area (Å²) in [6, 6.07) is 5.60. The summed E-state index contributed by atoms with van der Waals surface area (Å²) in [5.74, 6) is -0.282. The first kappa shape index (κ1) is 12.1. The van der Waals surface area contributed by atoms with Gasteiger partial charge in [-0.05, 0) is 35.9 Å². The second-order valence-electron chi connectivity index (χ2n) is 3.44. The number of benzene rings is 1. The number of phenols is 1. The number of carbonyl (C=O) groups excluding carboxylic acids is 1. The molecule has 2 aromatic rings. The number of nitrogens with one attached hydrogen (secondary N) is 1. The van der Waals surface area contributed by atoms with Crippen LogP contribution in [-0.2, 0) is 0 Å². The molecule has 0 fully saturated rings. The lowest BCUT2D eigenvalue weighted by atomic mass is 10.1. The minimum atomic E-state index is -0.488. The molecule has 0 spiro atoms. The number of nitrogens with zero attached hydrogens (tertiary/aromatic N) is 2. The third-order valence-electron chi connectivity index (χ3n) is 2.15. The van der Waals surface area contributed by atoms with Crippen LogP contribution in [0.15, 0.2) is 30.5 Å². The molecule has 1 heterocycles. The second-order valence-corrected chi connectivity index (χ2v) is 3.77. The molecule has 0 aliphatic rings. The first-order chi connectivity index (χ1) is 8.56. The average molecular weight is 265 g/mol. The molecule has 0 unspecified atom stereocenters. The molecule has 0 saturated heterocycles. The van der Waals surface area contributed by atoms with Gasteiger partial charge in [0.25, 0.3) is 5.91 Å². The first-order valence-corrected chi connectivity index (χ1v) is 5.32. The highest BCUT2D eigenvalue weighted by molar-refractivity contribution is 6.28. The summed E-state index contributed by atoms with van der Waals surface area (Å²) in [5.41, 5.74) is 6.06. The standard InChI is InChI=1S/C11H9ClN4O2/c12-11-14-4-3-9(16-11)15-10(18)7-5-6(17)1-2-8(7)13/h1-5,17H,13H2,(H,14,15,16,18). The van der Waals surface area contributed by atoms with Crippen molar-refractivity contribution in [3.63, 3.8) is 0 Å². The van der Waals surface area contributed by atoms with Crippen molar-refractivity contribution in [2.24, 2.45) is 0 Å². The monoisotopic (exact) mass is 264 g/mol. The summed E-state index contributed by atoms with van der Waals surface area (Å²) in [5, 5.41) is 11.8. The molecule has 0 aliphatic carbocycles. The fourth-order valence-corrected chi connectivity index (χ4v) is 1.48. The Morgan fingerprint density at radius 3 is 2.89 bits per heavy atom. The third kappa shape index (κ3) is 2.67. The van der Waals surface area contributed by atoms with Gasteiger partial charge < -0.3 is 16.2 Å². The van der Waals surface area contributed by atoms with Crippen LogP contribution in [0.1, 0.15) is 10.4 Å². The van der Waals surface area contributed by atoms with Gasteiger partial charge in [0.1, 0.15) is 11.6 Å². The maximum absolute atomic E-state index is 11.9. The molecule has 4 N–H and O–H groups in total. The highest BCUT2D eigenvalue weighted by Crippen LogP contribution is 2.19. The molecule has 0 atom stereocenters. The Morgan fingerprint density at radius 1 is 1.39 bits per heavy atom. The molecule has 1 aromatic heterocycles. The van der Waals surface area contributed by atoms with E-state index in [4.69, 9.17) is 17.3 Å². The van der Waals surface area contributed by atoms with Crippen molar-refractivity contribution in [2.75, 3.05) is 11.1 Å². The Kier molecular flexibility index (Phi) is 3.29. The fourth-order valence-electron chi connectivity index (χ4n) is 1.33. The molecule has 1 aromatic carbocycles. The van der Waals surface area contributed by atoms with Crippen LogP contribution >= 0.6 is 11.6 Å². The Labute approximate surface area is 107 Å². The molecular weight excluding hydrogens is 256 g/mol. The average Bonchev–Trinajstić information content (AvgIpc) is 2.32. The Hall–Kier alpha value is -2.34. The van der Waals surface area contributed by atoms with Gasteiger partial charge in [-0.15, -0.1) is 0 Å². The van der Waals surface area contributed by atoms with Crippen LogP contribution in [0.5, 0.6) is 5.75 Å². The summed E-state index contributed by atoms with van der Waals surface area (Å²) < 4.78 is 0. The van der Waals surface area contributed by atoms with E-state index in [-0.39, 0.29) is 28.1 Å². The van der Waals surface area contributed by atoms with Gasteiger partial charge in [-0.25, -0.2) is 9.97 Å². The van der Waals surface area contributed by atoms with Crippen molar-refractivity contribution in [1.82, 2.24) is 9.97 Å². The van der Waals surface area contributed by atoms with E-state index in [9.17, 15) is 9.90 Å². The zero-order valence-corrected chi connectivity index (χ0v) is 9.85. The van der Waals surface area contributed by atoms with Crippen molar-refractivity contribution in [3.05, 3.63) is 41.3 Å². The predicted molar refractivity (Wildman–Crippen MR) is 67.5 cm³/mol. The molecular formula is C11H9ClN4O2. The SMILES string of the molecule is Nc1ccc(O)cc1C(=O)Nc1ccnc(Cl)n1. The number of aromatic nitrogens is 2. The molecule has 0 bridgehead atoms. The minimum absolute atomic E-state index is 0.0247. The van der Waals surface area contributed by atoms with E-state index in [2.05, 4.69) is 15.3 Å². The van der Waals surface area contributed by atoms with Crippen molar-refractivity contribution in [1.29, 1.82) is 0 Å². The van der Waals surface area contributed by atoms with Gasteiger partial charge in [0.15, 0.2) is 0 Å². The number of carbonyl (C=O) groups is 1. The molecule has 6 nitrogen and oxygen atoms in total. The zero-order chi connectivity index (χ0) is 13.1. The highest BCUT2D eigenvalue weighted by atomic mass is 35.5. The van der Waals surface area contributed by atoms with Crippen LogP contribution < -0.4 is 11.1 Å². The van der Waals surface area contributed by atoms with Crippen molar-refractivity contribution >= 4 is 29.0 Å². The molecule has 7 heteroatoms. The number of halogens is 1. The number of amides is 1. The van der Waals surface area contributed by atoms with Crippen molar-refractivity contribution < 1.29 is 9.90 Å². The number of nitrogen functional groups attached to an aromatic ring is 1. The molecule has 0 radical (unpaired) electrons. The van der Waals surface area contributed by atoms with Crippen LogP contribution in [0.2, 0.25) is 5.28 Å². The lowest BCUT2D eigenvalue weighted by Gasteiger charge is -2.07. The Morgan fingerprint density at radius 2 is 2.17 bits per heavy atom. The number of phenolic OH excluding ortho intramolecular Hbond substituents is 1. The topological polar surface area (TPSA) is 101 Å². The van der Waals surface area contributed by atoms with Gasteiger partial charge in [-0.1, -0.05) is 0 Å². The van der Waals surface area contributed by atoms with Gasteiger partial charge in [0, 0.05) is 11.9 Å². The van der Waals surface area contributed by atoms with E-state index in [1.165, 1.54) is 30.5 Å². The number of rotatable bonds is 2. The van der Waals surface area contributed by atoms with Crippen LogP contribution in [0.3, 0.4) is 0 Å². The molecule has 18 heavy (non-hydrogen) atoms. The van der Waals surface area contributed by atoms with Crippen LogP contribution in [0, 0.1) is 0 Å². The predicted octanol–water partition coefficient (Wildman–Crippen LogP) is 1.67. The summed E-state index contributed by atoms with van der Waals surface area (Å²) in [6.45, 7) is 0.